The van der Waals surface area contributed by atoms with Gasteiger partial charge < -0.3 is 10.6 Å². The molecule has 0 radical (unpaired) electrons. The Bertz CT molecular complexity index is 496. The summed E-state index contributed by atoms with van der Waals surface area (Å²) < 4.78 is 0. The van der Waals surface area contributed by atoms with E-state index in [4.69, 9.17) is 0 Å². The van der Waals surface area contributed by atoms with Crippen LogP contribution >= 0.6 is 12.4 Å². The van der Waals surface area contributed by atoms with Crippen LogP contribution in [-0.2, 0) is 0 Å². The molecule has 20 heavy (non-hydrogen) atoms. The van der Waals surface area contributed by atoms with Crippen LogP contribution in [0.1, 0.15) is 30.1 Å². The van der Waals surface area contributed by atoms with Gasteiger partial charge in [0, 0.05) is 29.8 Å². The molecule has 0 bridgehead atoms. The van der Waals surface area contributed by atoms with Crippen molar-refractivity contribution < 1.29 is 9.72 Å². The van der Waals surface area contributed by atoms with Crippen LogP contribution in [0.3, 0.4) is 0 Å². The van der Waals surface area contributed by atoms with Gasteiger partial charge in [-0.3, -0.25) is 14.9 Å². The summed E-state index contributed by atoms with van der Waals surface area (Å²) >= 11 is 0. The van der Waals surface area contributed by atoms with E-state index >= 15 is 0 Å². The fourth-order valence-corrected chi connectivity index (χ4v) is 2.29. The number of nitrogens with zero attached hydrogens (tertiary/aromatic N) is 1. The Labute approximate surface area is 123 Å². The quantitative estimate of drug-likeness (QED) is 0.659. The highest BCUT2D eigenvalue weighted by Gasteiger charge is 2.21. The number of amides is 1. The van der Waals surface area contributed by atoms with Gasteiger partial charge in [-0.1, -0.05) is 6.07 Å². The Morgan fingerprint density at radius 3 is 2.90 bits per heavy atom. The van der Waals surface area contributed by atoms with Crippen molar-refractivity contribution in [2.75, 3.05) is 6.54 Å². The Hall–Kier alpha value is -1.66. The maximum atomic E-state index is 12.0. The maximum Gasteiger partial charge on any atom is 0.270 e. The number of carbonyl (C=O) groups excluding carboxylic acids is 1. The number of hydrogen-bond acceptors (Lipinski definition) is 4. The number of benzene rings is 1. The van der Waals surface area contributed by atoms with Crippen molar-refractivity contribution in [2.45, 2.75) is 31.8 Å². The first-order valence-electron chi connectivity index (χ1n) is 6.35. The van der Waals surface area contributed by atoms with Crippen LogP contribution in [0.2, 0.25) is 0 Å². The Morgan fingerprint density at radius 2 is 2.25 bits per heavy atom. The van der Waals surface area contributed by atoms with Crippen molar-refractivity contribution in [1.29, 1.82) is 0 Å². The fraction of sp³-hybridized carbons (Fsp3) is 0.462. The van der Waals surface area contributed by atoms with Gasteiger partial charge in [0.2, 0.25) is 0 Å². The second-order valence-electron chi connectivity index (χ2n) is 4.86. The third-order valence-electron chi connectivity index (χ3n) is 3.28. The number of nitrogens with one attached hydrogen (secondary N) is 2. The number of rotatable bonds is 3. The molecule has 1 aromatic rings. The van der Waals surface area contributed by atoms with E-state index < -0.39 is 4.92 Å². The highest BCUT2D eigenvalue weighted by Crippen LogP contribution is 2.14. The van der Waals surface area contributed by atoms with Crippen LogP contribution in [0.25, 0.3) is 0 Å². The first-order valence-corrected chi connectivity index (χ1v) is 6.35. The molecule has 7 heteroatoms. The SMILES string of the molecule is CC1CC(NC(=O)c2cccc([N+](=O)[O-])c2)CCN1.Cl. The third kappa shape index (κ3) is 4.18. The normalized spacial score (nSPS) is 21.6. The molecule has 6 nitrogen and oxygen atoms in total. The average molecular weight is 300 g/mol. The van der Waals surface area contributed by atoms with Gasteiger partial charge in [-0.2, -0.15) is 0 Å². The van der Waals surface area contributed by atoms with Gasteiger partial charge in [0.05, 0.1) is 4.92 Å². The van der Waals surface area contributed by atoms with Gasteiger partial charge >= 0.3 is 0 Å². The van der Waals surface area contributed by atoms with E-state index in [1.807, 2.05) is 0 Å². The largest absolute Gasteiger partial charge is 0.349 e. The van der Waals surface area contributed by atoms with E-state index in [2.05, 4.69) is 17.6 Å². The monoisotopic (exact) mass is 299 g/mol. The Kier molecular flexibility index (Phi) is 5.91. The van der Waals surface area contributed by atoms with E-state index in [1.54, 1.807) is 6.07 Å². The topological polar surface area (TPSA) is 84.3 Å². The van der Waals surface area contributed by atoms with Gasteiger partial charge in [0.15, 0.2) is 0 Å². The van der Waals surface area contributed by atoms with Gasteiger partial charge in [0.1, 0.15) is 0 Å². The predicted octanol–water partition coefficient (Wildman–Crippen LogP) is 1.89. The molecule has 0 aliphatic carbocycles. The second-order valence-corrected chi connectivity index (χ2v) is 4.86. The lowest BCUT2D eigenvalue weighted by Crippen LogP contribution is -2.46. The molecule has 0 spiro atoms. The molecular formula is C13H18ClN3O3. The molecule has 1 fully saturated rings. The van der Waals surface area contributed by atoms with E-state index in [0.717, 1.165) is 19.4 Å². The number of hydrogen-bond donors (Lipinski definition) is 2. The summed E-state index contributed by atoms with van der Waals surface area (Å²) in [5.41, 5.74) is 0.270. The predicted molar refractivity (Wildman–Crippen MR) is 78.3 cm³/mol. The van der Waals surface area contributed by atoms with Crippen molar-refractivity contribution >= 4 is 24.0 Å². The van der Waals surface area contributed by atoms with Gasteiger partial charge in [-0.05, 0) is 32.4 Å². The standard InChI is InChI=1S/C13H17N3O3.ClH/c1-9-7-11(5-6-14-9)15-13(17)10-3-2-4-12(8-10)16(18)19;/h2-4,8-9,11,14H,5-7H2,1H3,(H,15,17);1H. The highest BCUT2D eigenvalue weighted by atomic mass is 35.5. The average Bonchev–Trinajstić information content (AvgIpc) is 2.39. The van der Waals surface area contributed by atoms with Crippen molar-refractivity contribution in [1.82, 2.24) is 10.6 Å². The molecule has 0 saturated carbocycles. The molecule has 1 aromatic carbocycles. The lowest BCUT2D eigenvalue weighted by atomic mass is 10.0. The molecule has 2 unspecified atom stereocenters. The van der Waals surface area contributed by atoms with Crippen LogP contribution < -0.4 is 10.6 Å². The molecular weight excluding hydrogens is 282 g/mol. The first kappa shape index (κ1) is 16.4. The molecule has 0 aromatic heterocycles. The second kappa shape index (κ2) is 7.21. The summed E-state index contributed by atoms with van der Waals surface area (Å²) in [7, 11) is 0. The van der Waals surface area contributed by atoms with Crippen LogP contribution in [-0.4, -0.2) is 29.5 Å². The van der Waals surface area contributed by atoms with Crippen molar-refractivity contribution in [2.24, 2.45) is 0 Å². The van der Waals surface area contributed by atoms with Crippen molar-refractivity contribution in [3.8, 4) is 0 Å². The summed E-state index contributed by atoms with van der Waals surface area (Å²) in [5, 5.41) is 16.9. The number of carbonyl (C=O) groups is 1. The molecule has 1 saturated heterocycles. The van der Waals surface area contributed by atoms with Gasteiger partial charge in [0.25, 0.3) is 11.6 Å². The lowest BCUT2D eigenvalue weighted by molar-refractivity contribution is -0.384. The summed E-state index contributed by atoms with van der Waals surface area (Å²) in [4.78, 5) is 22.2. The molecule has 1 heterocycles. The zero-order valence-electron chi connectivity index (χ0n) is 11.2. The fourth-order valence-electron chi connectivity index (χ4n) is 2.29. The van der Waals surface area contributed by atoms with Gasteiger partial charge in [-0.25, -0.2) is 0 Å². The zero-order chi connectivity index (χ0) is 13.8. The number of halogens is 1. The molecule has 1 aliphatic rings. The minimum absolute atomic E-state index is 0. The summed E-state index contributed by atoms with van der Waals surface area (Å²) in [5.74, 6) is -0.247. The zero-order valence-corrected chi connectivity index (χ0v) is 12.0. The van der Waals surface area contributed by atoms with E-state index in [9.17, 15) is 14.9 Å². The number of non-ortho nitro benzene ring substituents is 1. The summed E-state index contributed by atoms with van der Waals surface area (Å²) in [6, 6.07) is 6.31. The number of nitro benzene ring substituents is 1. The highest BCUT2D eigenvalue weighted by molar-refractivity contribution is 5.95. The summed E-state index contributed by atoms with van der Waals surface area (Å²) in [6.07, 6.45) is 1.76. The van der Waals surface area contributed by atoms with E-state index in [-0.39, 0.29) is 30.0 Å². The van der Waals surface area contributed by atoms with E-state index in [1.165, 1.54) is 18.2 Å². The molecule has 1 aliphatic heterocycles. The number of piperidine rings is 1. The van der Waals surface area contributed by atoms with Crippen LogP contribution in [0.4, 0.5) is 5.69 Å². The van der Waals surface area contributed by atoms with Crippen LogP contribution in [0.15, 0.2) is 24.3 Å². The Morgan fingerprint density at radius 1 is 1.50 bits per heavy atom. The first-order chi connectivity index (χ1) is 9.06. The van der Waals surface area contributed by atoms with E-state index in [0.29, 0.717) is 11.6 Å². The molecule has 2 atom stereocenters. The smallest absolute Gasteiger partial charge is 0.270 e. The minimum atomic E-state index is -0.497. The van der Waals surface area contributed by atoms with Gasteiger partial charge in [-0.15, -0.1) is 12.4 Å². The Balaban J connectivity index is 0.00000200. The third-order valence-corrected chi connectivity index (χ3v) is 3.28. The van der Waals surface area contributed by atoms with Crippen LogP contribution in [0, 0.1) is 10.1 Å². The van der Waals surface area contributed by atoms with Crippen LogP contribution in [0.5, 0.6) is 0 Å². The summed E-state index contributed by atoms with van der Waals surface area (Å²) in [6.45, 7) is 2.95. The maximum absolute atomic E-state index is 12.0. The molecule has 110 valence electrons. The number of nitro groups is 1. The molecule has 1 amide bonds. The van der Waals surface area contributed by atoms with Crippen molar-refractivity contribution in [3.05, 3.63) is 39.9 Å². The lowest BCUT2D eigenvalue weighted by Gasteiger charge is -2.28. The molecule has 2 N–H and O–H groups in total. The minimum Gasteiger partial charge on any atom is -0.349 e. The van der Waals surface area contributed by atoms with Crippen molar-refractivity contribution in [3.63, 3.8) is 0 Å². The molecule has 2 rings (SSSR count).